The van der Waals surface area contributed by atoms with Gasteiger partial charge < -0.3 is 10.1 Å². The van der Waals surface area contributed by atoms with Crippen molar-refractivity contribution in [1.82, 2.24) is 9.88 Å². The highest BCUT2D eigenvalue weighted by Gasteiger charge is 2.29. The lowest BCUT2D eigenvalue weighted by atomic mass is 10.2. The van der Waals surface area contributed by atoms with Crippen molar-refractivity contribution >= 4 is 28.5 Å². The first-order valence-electron chi connectivity index (χ1n) is 6.85. The minimum absolute atomic E-state index is 0.197. The Kier molecular flexibility index (Phi) is 3.68. The van der Waals surface area contributed by atoms with E-state index in [9.17, 15) is 4.79 Å². The maximum atomic E-state index is 10.7. The van der Waals surface area contributed by atoms with Gasteiger partial charge in [-0.05, 0) is 37.1 Å². The Balaban J connectivity index is 1.74. The predicted octanol–water partition coefficient (Wildman–Crippen LogP) is 3.26. The van der Waals surface area contributed by atoms with Gasteiger partial charge in [0.15, 0.2) is 0 Å². The van der Waals surface area contributed by atoms with Crippen LogP contribution in [0.5, 0.6) is 0 Å². The first kappa shape index (κ1) is 13.5. The van der Waals surface area contributed by atoms with Gasteiger partial charge in [0.2, 0.25) is 0 Å². The summed E-state index contributed by atoms with van der Waals surface area (Å²) in [4.78, 5) is 16.4. The number of halogens is 1. The molecule has 2 N–H and O–H groups in total. The average molecular weight is 293 g/mol. The van der Waals surface area contributed by atoms with Crippen molar-refractivity contribution in [1.29, 1.82) is 0 Å². The number of fused-ring (bicyclic) bond motifs is 1. The van der Waals surface area contributed by atoms with E-state index in [0.29, 0.717) is 12.6 Å². The second kappa shape index (κ2) is 5.46. The molecule has 0 aliphatic heterocycles. The standard InChI is InChI=1S/C15H17ClN2O2/c16-11-1-4-14-10(7-11)8-12(17-14)9-18(13-2-3-13)6-5-15(19)20/h1,4,7-8,13,17H,2-3,5-6,9H2,(H,19,20). The van der Waals surface area contributed by atoms with Gasteiger partial charge >= 0.3 is 5.97 Å². The quantitative estimate of drug-likeness (QED) is 0.859. The van der Waals surface area contributed by atoms with Gasteiger partial charge in [-0.15, -0.1) is 0 Å². The molecule has 3 rings (SSSR count). The molecule has 106 valence electrons. The highest BCUT2D eigenvalue weighted by Crippen LogP contribution is 2.29. The lowest BCUT2D eigenvalue weighted by molar-refractivity contribution is -0.137. The Hall–Kier alpha value is -1.52. The van der Waals surface area contributed by atoms with Crippen molar-refractivity contribution in [3.8, 4) is 0 Å². The maximum Gasteiger partial charge on any atom is 0.304 e. The topological polar surface area (TPSA) is 56.3 Å². The molecule has 0 radical (unpaired) electrons. The van der Waals surface area contributed by atoms with Crippen molar-refractivity contribution in [2.24, 2.45) is 0 Å². The van der Waals surface area contributed by atoms with Crippen LogP contribution < -0.4 is 0 Å². The number of hydrogen-bond donors (Lipinski definition) is 2. The minimum Gasteiger partial charge on any atom is -0.481 e. The van der Waals surface area contributed by atoms with Crippen LogP contribution in [0, 0.1) is 0 Å². The van der Waals surface area contributed by atoms with Gasteiger partial charge in [-0.25, -0.2) is 0 Å². The molecule has 2 aromatic rings. The number of aliphatic carboxylic acids is 1. The zero-order valence-corrected chi connectivity index (χ0v) is 11.9. The molecule has 20 heavy (non-hydrogen) atoms. The van der Waals surface area contributed by atoms with Gasteiger partial charge in [0.25, 0.3) is 0 Å². The molecule has 1 fully saturated rings. The molecule has 0 spiro atoms. The summed E-state index contributed by atoms with van der Waals surface area (Å²) in [5.41, 5.74) is 2.18. The number of carboxylic acids is 1. The fourth-order valence-electron chi connectivity index (χ4n) is 2.54. The number of aromatic amines is 1. The molecule has 0 saturated heterocycles. The van der Waals surface area contributed by atoms with Crippen LogP contribution in [0.25, 0.3) is 10.9 Å². The Bertz CT molecular complexity index is 634. The molecule has 1 aliphatic carbocycles. The molecule has 4 nitrogen and oxygen atoms in total. The van der Waals surface area contributed by atoms with Crippen LogP contribution in [0.2, 0.25) is 5.02 Å². The van der Waals surface area contributed by atoms with Crippen LogP contribution in [0.15, 0.2) is 24.3 Å². The van der Waals surface area contributed by atoms with E-state index in [2.05, 4.69) is 16.0 Å². The summed E-state index contributed by atoms with van der Waals surface area (Å²) in [7, 11) is 0. The smallest absolute Gasteiger partial charge is 0.304 e. The molecule has 0 atom stereocenters. The third-order valence-corrected chi connectivity index (χ3v) is 3.92. The number of nitrogens with zero attached hydrogens (tertiary/aromatic N) is 1. The van der Waals surface area contributed by atoms with E-state index in [4.69, 9.17) is 16.7 Å². The van der Waals surface area contributed by atoms with E-state index in [1.807, 2.05) is 18.2 Å². The van der Waals surface area contributed by atoms with Crippen LogP contribution in [0.1, 0.15) is 25.0 Å². The van der Waals surface area contributed by atoms with E-state index >= 15 is 0 Å². The van der Waals surface area contributed by atoms with E-state index in [0.717, 1.165) is 28.2 Å². The van der Waals surface area contributed by atoms with E-state index < -0.39 is 5.97 Å². The lowest BCUT2D eigenvalue weighted by Crippen LogP contribution is -2.28. The number of H-pyrrole nitrogens is 1. The number of benzene rings is 1. The monoisotopic (exact) mass is 292 g/mol. The molecule has 1 saturated carbocycles. The molecular weight excluding hydrogens is 276 g/mol. The number of carbonyl (C=O) groups is 1. The molecule has 1 heterocycles. The number of hydrogen-bond acceptors (Lipinski definition) is 2. The van der Waals surface area contributed by atoms with E-state index in [1.54, 1.807) is 0 Å². The summed E-state index contributed by atoms with van der Waals surface area (Å²) in [6.45, 7) is 1.38. The highest BCUT2D eigenvalue weighted by molar-refractivity contribution is 6.31. The van der Waals surface area contributed by atoms with Crippen LogP contribution in [-0.2, 0) is 11.3 Å². The minimum atomic E-state index is -0.737. The average Bonchev–Trinajstić information content (AvgIpc) is 3.15. The van der Waals surface area contributed by atoms with Crippen molar-refractivity contribution in [3.05, 3.63) is 35.0 Å². The third kappa shape index (κ3) is 3.14. The third-order valence-electron chi connectivity index (χ3n) is 3.69. The van der Waals surface area contributed by atoms with Crippen molar-refractivity contribution in [2.75, 3.05) is 6.54 Å². The number of aromatic nitrogens is 1. The van der Waals surface area contributed by atoms with Crippen molar-refractivity contribution in [2.45, 2.75) is 31.8 Å². The summed E-state index contributed by atoms with van der Waals surface area (Å²) < 4.78 is 0. The van der Waals surface area contributed by atoms with Gasteiger partial charge in [0.1, 0.15) is 0 Å². The summed E-state index contributed by atoms with van der Waals surface area (Å²) in [5.74, 6) is -0.737. The van der Waals surface area contributed by atoms with Gasteiger partial charge in [-0.1, -0.05) is 11.6 Å². The SMILES string of the molecule is O=C(O)CCN(Cc1cc2cc(Cl)ccc2[nH]1)C1CC1. The summed E-state index contributed by atoms with van der Waals surface area (Å²) in [6, 6.07) is 8.42. The predicted molar refractivity (Wildman–Crippen MR) is 79.0 cm³/mol. The zero-order chi connectivity index (χ0) is 14.1. The van der Waals surface area contributed by atoms with Gasteiger partial charge in [-0.2, -0.15) is 0 Å². The normalized spacial score (nSPS) is 15.1. The number of rotatable bonds is 6. The summed E-state index contributed by atoms with van der Waals surface area (Å²) >= 11 is 5.99. The Morgan fingerprint density at radius 1 is 1.40 bits per heavy atom. The van der Waals surface area contributed by atoms with Gasteiger partial charge in [0.05, 0.1) is 6.42 Å². The molecule has 0 bridgehead atoms. The van der Waals surface area contributed by atoms with Crippen LogP contribution in [-0.4, -0.2) is 33.5 Å². The molecule has 1 aromatic carbocycles. The van der Waals surface area contributed by atoms with E-state index in [-0.39, 0.29) is 6.42 Å². The lowest BCUT2D eigenvalue weighted by Gasteiger charge is -2.20. The van der Waals surface area contributed by atoms with Crippen molar-refractivity contribution in [3.63, 3.8) is 0 Å². The fraction of sp³-hybridized carbons (Fsp3) is 0.400. The number of nitrogens with one attached hydrogen (secondary N) is 1. The van der Waals surface area contributed by atoms with Crippen LogP contribution in [0.4, 0.5) is 0 Å². The Morgan fingerprint density at radius 3 is 2.90 bits per heavy atom. The van der Waals surface area contributed by atoms with E-state index in [1.165, 1.54) is 12.8 Å². The molecule has 0 amide bonds. The summed E-state index contributed by atoms with van der Waals surface area (Å²) in [6.07, 6.45) is 2.54. The first-order valence-corrected chi connectivity index (χ1v) is 7.22. The molecular formula is C15H17ClN2O2. The first-order chi connectivity index (χ1) is 9.61. The summed E-state index contributed by atoms with van der Waals surface area (Å²) in [5, 5.41) is 10.7. The molecule has 5 heteroatoms. The highest BCUT2D eigenvalue weighted by atomic mass is 35.5. The molecule has 0 unspecified atom stereocenters. The Labute approximate surface area is 122 Å². The largest absolute Gasteiger partial charge is 0.481 e. The number of carboxylic acid groups (broad SMARTS) is 1. The maximum absolute atomic E-state index is 10.7. The van der Waals surface area contributed by atoms with Crippen LogP contribution >= 0.6 is 11.6 Å². The Morgan fingerprint density at radius 2 is 2.20 bits per heavy atom. The van der Waals surface area contributed by atoms with Crippen LogP contribution in [0.3, 0.4) is 0 Å². The second-order valence-electron chi connectivity index (χ2n) is 5.37. The van der Waals surface area contributed by atoms with Crippen molar-refractivity contribution < 1.29 is 9.90 Å². The fourth-order valence-corrected chi connectivity index (χ4v) is 2.72. The molecule has 1 aromatic heterocycles. The zero-order valence-electron chi connectivity index (χ0n) is 11.1. The molecule has 1 aliphatic rings. The second-order valence-corrected chi connectivity index (χ2v) is 5.81. The van der Waals surface area contributed by atoms with Gasteiger partial charge in [-0.3, -0.25) is 9.69 Å². The van der Waals surface area contributed by atoms with Gasteiger partial charge in [0, 0.05) is 40.8 Å².